The third-order valence-electron chi connectivity index (χ3n) is 3.30. The first kappa shape index (κ1) is 17.1. The van der Waals surface area contributed by atoms with E-state index in [4.69, 9.17) is 28.3 Å². The summed E-state index contributed by atoms with van der Waals surface area (Å²) in [6.07, 6.45) is 0. The Morgan fingerprint density at radius 3 is 2.40 bits per heavy atom. The van der Waals surface area contributed by atoms with Crippen molar-refractivity contribution in [1.29, 1.82) is 0 Å². The number of urea groups is 1. The van der Waals surface area contributed by atoms with Crippen LogP contribution in [-0.4, -0.2) is 42.3 Å². The lowest BCUT2D eigenvalue weighted by atomic mass is 10.0. The van der Waals surface area contributed by atoms with Crippen molar-refractivity contribution in [2.75, 3.05) is 20.2 Å². The molecule has 1 aromatic carbocycles. The number of likely N-dealkylation sites (N-methyl/N-ethyl adjacent to an activating group) is 1. The minimum atomic E-state index is -0.235. The minimum Gasteiger partial charge on any atom is -0.394 e. The maximum Gasteiger partial charge on any atom is 0.317 e. The molecule has 0 bridgehead atoms. The number of nitrogens with one attached hydrogen (secondary N) is 1. The van der Waals surface area contributed by atoms with Crippen molar-refractivity contribution < 1.29 is 9.90 Å². The van der Waals surface area contributed by atoms with Crippen LogP contribution in [-0.2, 0) is 0 Å². The Morgan fingerprint density at radius 1 is 1.35 bits per heavy atom. The first-order valence-corrected chi connectivity index (χ1v) is 7.19. The van der Waals surface area contributed by atoms with Crippen molar-refractivity contribution in [3.8, 4) is 0 Å². The highest BCUT2D eigenvalue weighted by atomic mass is 35.5. The molecule has 2 unspecified atom stereocenters. The molecule has 0 aliphatic carbocycles. The molecule has 6 heteroatoms. The van der Waals surface area contributed by atoms with E-state index in [0.717, 1.165) is 5.56 Å². The lowest BCUT2D eigenvalue weighted by Gasteiger charge is -2.24. The van der Waals surface area contributed by atoms with E-state index < -0.39 is 0 Å². The Bertz CT molecular complexity index is 448. The van der Waals surface area contributed by atoms with Crippen LogP contribution in [0.3, 0.4) is 0 Å². The van der Waals surface area contributed by atoms with E-state index >= 15 is 0 Å². The largest absolute Gasteiger partial charge is 0.394 e. The number of hydrogen-bond donors (Lipinski definition) is 2. The van der Waals surface area contributed by atoms with Gasteiger partial charge >= 0.3 is 6.03 Å². The van der Waals surface area contributed by atoms with Gasteiger partial charge in [-0.3, -0.25) is 0 Å². The van der Waals surface area contributed by atoms with Gasteiger partial charge in [0, 0.05) is 29.6 Å². The summed E-state index contributed by atoms with van der Waals surface area (Å²) in [5.74, 6) is -0.00187. The number of aliphatic hydroxyl groups excluding tert-OH is 1. The quantitative estimate of drug-likeness (QED) is 0.876. The molecule has 112 valence electrons. The zero-order valence-corrected chi connectivity index (χ0v) is 13.4. The molecule has 1 aromatic rings. The van der Waals surface area contributed by atoms with Crippen molar-refractivity contribution in [3.63, 3.8) is 0 Å². The van der Waals surface area contributed by atoms with Crippen molar-refractivity contribution in [1.82, 2.24) is 10.2 Å². The topological polar surface area (TPSA) is 52.6 Å². The van der Waals surface area contributed by atoms with Gasteiger partial charge in [0.1, 0.15) is 0 Å². The van der Waals surface area contributed by atoms with E-state index in [2.05, 4.69) is 5.32 Å². The maximum absolute atomic E-state index is 11.9. The lowest BCUT2D eigenvalue weighted by Crippen LogP contribution is -2.44. The molecule has 20 heavy (non-hydrogen) atoms. The fourth-order valence-electron chi connectivity index (χ4n) is 1.77. The molecule has 0 saturated carbocycles. The van der Waals surface area contributed by atoms with Gasteiger partial charge in [-0.2, -0.15) is 0 Å². The average molecular weight is 319 g/mol. The summed E-state index contributed by atoms with van der Waals surface area (Å²) in [7, 11) is 1.64. The second-order valence-electron chi connectivity index (χ2n) is 4.86. The monoisotopic (exact) mass is 318 g/mol. The first-order chi connectivity index (χ1) is 9.38. The van der Waals surface area contributed by atoms with E-state index in [0.29, 0.717) is 16.6 Å². The van der Waals surface area contributed by atoms with Crippen LogP contribution in [0.4, 0.5) is 4.79 Å². The first-order valence-electron chi connectivity index (χ1n) is 6.43. The van der Waals surface area contributed by atoms with Crippen molar-refractivity contribution in [2.24, 2.45) is 0 Å². The van der Waals surface area contributed by atoms with Gasteiger partial charge in [0.05, 0.1) is 12.6 Å². The summed E-state index contributed by atoms with van der Waals surface area (Å²) in [6.45, 7) is 4.07. The van der Waals surface area contributed by atoms with E-state index in [-0.39, 0.29) is 24.6 Å². The number of rotatable bonds is 5. The van der Waals surface area contributed by atoms with Gasteiger partial charge in [0.25, 0.3) is 0 Å². The van der Waals surface area contributed by atoms with Crippen LogP contribution in [0.15, 0.2) is 18.2 Å². The van der Waals surface area contributed by atoms with E-state index in [1.807, 2.05) is 6.92 Å². The summed E-state index contributed by atoms with van der Waals surface area (Å²) in [4.78, 5) is 13.3. The lowest BCUT2D eigenvalue weighted by molar-refractivity contribution is 0.157. The summed E-state index contributed by atoms with van der Waals surface area (Å²) >= 11 is 12.3. The molecule has 0 radical (unpaired) electrons. The molecule has 1 rings (SSSR count). The van der Waals surface area contributed by atoms with Crippen molar-refractivity contribution in [3.05, 3.63) is 33.8 Å². The van der Waals surface area contributed by atoms with Crippen LogP contribution < -0.4 is 5.32 Å². The van der Waals surface area contributed by atoms with Crippen LogP contribution in [0.25, 0.3) is 0 Å². The SMILES string of the molecule is CC(CNC(=O)N(C)C(C)CO)c1c(Cl)cccc1Cl. The van der Waals surface area contributed by atoms with Gasteiger partial charge < -0.3 is 15.3 Å². The number of carbonyl (C=O) groups excluding carboxylic acids is 1. The standard InChI is InChI=1S/C14H20Cl2N2O2/c1-9(13-11(15)5-4-6-12(13)16)7-17-14(20)18(3)10(2)8-19/h4-6,9-10,19H,7-8H2,1-3H3,(H,17,20). The van der Waals surface area contributed by atoms with Crippen LogP contribution >= 0.6 is 23.2 Å². The molecular formula is C14H20Cl2N2O2. The number of nitrogens with zero attached hydrogens (tertiary/aromatic N) is 1. The number of aliphatic hydroxyl groups is 1. The number of amides is 2. The van der Waals surface area contributed by atoms with Gasteiger partial charge in [-0.1, -0.05) is 36.2 Å². The molecule has 0 heterocycles. The van der Waals surface area contributed by atoms with Crippen LogP contribution in [0.5, 0.6) is 0 Å². The number of carbonyl (C=O) groups is 1. The molecule has 0 spiro atoms. The molecule has 4 nitrogen and oxygen atoms in total. The smallest absolute Gasteiger partial charge is 0.317 e. The Balaban J connectivity index is 2.64. The second-order valence-corrected chi connectivity index (χ2v) is 5.68. The third kappa shape index (κ3) is 4.27. The summed E-state index contributed by atoms with van der Waals surface area (Å²) in [5.41, 5.74) is 0.828. The summed E-state index contributed by atoms with van der Waals surface area (Å²) in [5, 5.41) is 13.0. The van der Waals surface area contributed by atoms with Gasteiger partial charge in [0.15, 0.2) is 0 Å². The second kappa shape index (κ2) is 7.72. The zero-order chi connectivity index (χ0) is 15.3. The van der Waals surface area contributed by atoms with Crippen LogP contribution in [0.2, 0.25) is 10.0 Å². The number of halogens is 2. The highest BCUT2D eigenvalue weighted by Gasteiger charge is 2.18. The van der Waals surface area contributed by atoms with Gasteiger partial charge in [-0.25, -0.2) is 4.79 Å². The Hall–Kier alpha value is -0.970. The van der Waals surface area contributed by atoms with Crippen LogP contribution in [0, 0.1) is 0 Å². The third-order valence-corrected chi connectivity index (χ3v) is 3.96. The molecule has 2 atom stereocenters. The predicted molar refractivity (Wildman–Crippen MR) is 82.6 cm³/mol. The summed E-state index contributed by atoms with van der Waals surface area (Å²) in [6, 6.07) is 4.88. The Morgan fingerprint density at radius 2 is 1.90 bits per heavy atom. The van der Waals surface area contributed by atoms with E-state index in [1.165, 1.54) is 4.90 Å². The van der Waals surface area contributed by atoms with Crippen molar-refractivity contribution in [2.45, 2.75) is 25.8 Å². The molecule has 0 aliphatic heterocycles. The highest BCUT2D eigenvalue weighted by molar-refractivity contribution is 6.36. The molecule has 2 amide bonds. The fourth-order valence-corrected chi connectivity index (χ4v) is 2.54. The van der Waals surface area contributed by atoms with Gasteiger partial charge in [-0.15, -0.1) is 0 Å². The van der Waals surface area contributed by atoms with E-state index in [1.54, 1.807) is 32.2 Å². The Kier molecular flexibility index (Phi) is 6.59. The zero-order valence-electron chi connectivity index (χ0n) is 11.9. The van der Waals surface area contributed by atoms with Crippen molar-refractivity contribution >= 4 is 29.2 Å². The predicted octanol–water partition coefficient (Wildman–Crippen LogP) is 3.12. The summed E-state index contributed by atoms with van der Waals surface area (Å²) < 4.78 is 0. The number of hydrogen-bond acceptors (Lipinski definition) is 2. The maximum atomic E-state index is 11.9. The molecular weight excluding hydrogens is 299 g/mol. The molecule has 0 aliphatic rings. The van der Waals surface area contributed by atoms with Crippen LogP contribution in [0.1, 0.15) is 25.3 Å². The highest BCUT2D eigenvalue weighted by Crippen LogP contribution is 2.30. The minimum absolute atomic E-state index is 0.00187. The van der Waals surface area contributed by atoms with Gasteiger partial charge in [-0.05, 0) is 24.6 Å². The molecule has 0 saturated heterocycles. The number of benzene rings is 1. The Labute approximate surface area is 129 Å². The molecule has 0 aromatic heterocycles. The van der Waals surface area contributed by atoms with Gasteiger partial charge in [0.2, 0.25) is 0 Å². The molecule has 0 fully saturated rings. The average Bonchev–Trinajstić information content (AvgIpc) is 2.42. The fraction of sp³-hybridized carbons (Fsp3) is 0.500. The molecule has 2 N–H and O–H groups in total. The van der Waals surface area contributed by atoms with E-state index in [9.17, 15) is 4.79 Å². The normalized spacial score (nSPS) is 13.7.